The maximum atomic E-state index is 12.9. The summed E-state index contributed by atoms with van der Waals surface area (Å²) in [5.74, 6) is 1.87. The maximum absolute atomic E-state index is 12.9. The third-order valence-electron chi connectivity index (χ3n) is 3.83. The zero-order valence-corrected chi connectivity index (χ0v) is 15.1. The number of aromatic nitrogens is 5. The van der Waals surface area contributed by atoms with Crippen molar-refractivity contribution in [2.45, 2.75) is 37.9 Å². The quantitative estimate of drug-likeness (QED) is 0.697. The van der Waals surface area contributed by atoms with Gasteiger partial charge in [0.15, 0.2) is 5.16 Å². The summed E-state index contributed by atoms with van der Waals surface area (Å²) < 4.78 is 34.2. The van der Waals surface area contributed by atoms with E-state index in [-0.39, 0.29) is 0 Å². The third kappa shape index (κ3) is 4.30. The first kappa shape index (κ1) is 18.1. The molecule has 1 fully saturated rings. The highest BCUT2D eigenvalue weighted by atomic mass is 32.2. The van der Waals surface area contributed by atoms with E-state index in [2.05, 4.69) is 38.5 Å². The number of imidazole rings is 1. The Kier molecular flexibility index (Phi) is 5.89. The summed E-state index contributed by atoms with van der Waals surface area (Å²) in [6, 6.07) is 0. The van der Waals surface area contributed by atoms with E-state index in [0.717, 1.165) is 35.3 Å². The summed E-state index contributed by atoms with van der Waals surface area (Å²) in [5, 5.41) is 9.35. The summed E-state index contributed by atoms with van der Waals surface area (Å²) >= 11 is 1.38. The van der Waals surface area contributed by atoms with Gasteiger partial charge in [0.1, 0.15) is 5.82 Å². The van der Waals surface area contributed by atoms with Gasteiger partial charge in [0, 0.05) is 32.0 Å². The largest absolute Gasteiger partial charge is 0.378 e. The number of anilines is 1. The van der Waals surface area contributed by atoms with Crippen LogP contribution in [0.4, 0.5) is 14.7 Å². The maximum Gasteiger partial charge on any atom is 0.319 e. The molecule has 0 aromatic carbocycles. The molecular formula is C15H22F2N6OS. The molecule has 0 spiro atoms. The highest BCUT2D eigenvalue weighted by Crippen LogP contribution is 2.27. The SMILES string of the molecule is CC(C)Cn1c(SCc2nccn2C(F)F)nnc1N1CCOCC1. The third-order valence-corrected chi connectivity index (χ3v) is 4.79. The Labute approximate surface area is 149 Å². The molecule has 0 aliphatic carbocycles. The summed E-state index contributed by atoms with van der Waals surface area (Å²) in [6.07, 6.45) is 2.68. The Morgan fingerprint density at radius 1 is 1.24 bits per heavy atom. The van der Waals surface area contributed by atoms with Gasteiger partial charge in [-0.2, -0.15) is 8.78 Å². The van der Waals surface area contributed by atoms with Gasteiger partial charge in [-0.15, -0.1) is 10.2 Å². The average molecular weight is 372 g/mol. The average Bonchev–Trinajstić information content (AvgIpc) is 3.20. The smallest absolute Gasteiger partial charge is 0.319 e. The molecule has 0 amide bonds. The fourth-order valence-corrected chi connectivity index (χ4v) is 3.56. The molecule has 0 N–H and O–H groups in total. The second-order valence-corrected chi connectivity index (χ2v) is 7.15. The minimum atomic E-state index is -2.59. The van der Waals surface area contributed by atoms with E-state index in [1.54, 1.807) is 0 Å². The highest BCUT2D eigenvalue weighted by molar-refractivity contribution is 7.98. The Balaban J connectivity index is 1.78. The zero-order valence-electron chi connectivity index (χ0n) is 14.3. The van der Waals surface area contributed by atoms with Crippen molar-refractivity contribution in [2.75, 3.05) is 31.2 Å². The van der Waals surface area contributed by atoms with Crippen molar-refractivity contribution >= 4 is 17.7 Å². The van der Waals surface area contributed by atoms with Crippen LogP contribution in [-0.2, 0) is 17.0 Å². The van der Waals surface area contributed by atoms with Gasteiger partial charge < -0.3 is 9.64 Å². The summed E-state index contributed by atoms with van der Waals surface area (Å²) in [7, 11) is 0. The first-order valence-electron chi connectivity index (χ1n) is 8.24. The van der Waals surface area contributed by atoms with E-state index in [1.165, 1.54) is 24.2 Å². The van der Waals surface area contributed by atoms with Crippen molar-refractivity contribution in [3.05, 3.63) is 18.2 Å². The lowest BCUT2D eigenvalue weighted by molar-refractivity contribution is 0.0678. The van der Waals surface area contributed by atoms with Crippen LogP contribution in [0.2, 0.25) is 0 Å². The number of hydrogen-bond acceptors (Lipinski definition) is 6. The fourth-order valence-electron chi connectivity index (χ4n) is 2.67. The number of rotatable bonds is 7. The minimum absolute atomic E-state index is 0.316. The molecule has 2 aromatic heterocycles. The van der Waals surface area contributed by atoms with Gasteiger partial charge in [-0.3, -0.25) is 9.13 Å². The standard InChI is InChI=1S/C15H22F2N6OS/c1-11(2)9-23-14(21-5-7-24-8-6-21)19-20-15(23)25-10-12-18-3-4-22(12)13(16)17/h3-4,11,13H,5-10H2,1-2H3. The predicted molar refractivity (Wildman–Crippen MR) is 90.9 cm³/mol. The number of nitrogens with zero attached hydrogens (tertiary/aromatic N) is 6. The van der Waals surface area contributed by atoms with Gasteiger partial charge in [0.25, 0.3) is 0 Å². The van der Waals surface area contributed by atoms with Crippen molar-refractivity contribution in [1.82, 2.24) is 24.3 Å². The predicted octanol–water partition coefficient (Wildman–Crippen LogP) is 2.65. The Morgan fingerprint density at radius 2 is 2.00 bits per heavy atom. The van der Waals surface area contributed by atoms with Gasteiger partial charge in [-0.25, -0.2) is 4.98 Å². The lowest BCUT2D eigenvalue weighted by Gasteiger charge is -2.28. The number of hydrogen-bond donors (Lipinski definition) is 0. The molecule has 2 aromatic rings. The van der Waals surface area contributed by atoms with Crippen LogP contribution in [0.1, 0.15) is 26.2 Å². The number of halogens is 2. The van der Waals surface area contributed by atoms with Gasteiger partial charge in [0.05, 0.1) is 19.0 Å². The molecule has 25 heavy (non-hydrogen) atoms. The molecule has 0 atom stereocenters. The molecule has 10 heteroatoms. The van der Waals surface area contributed by atoms with Crippen LogP contribution in [-0.4, -0.2) is 50.6 Å². The lowest BCUT2D eigenvalue weighted by Crippen LogP contribution is -2.38. The first-order valence-corrected chi connectivity index (χ1v) is 9.23. The van der Waals surface area contributed by atoms with Crippen molar-refractivity contribution in [2.24, 2.45) is 5.92 Å². The molecule has 3 heterocycles. The fraction of sp³-hybridized carbons (Fsp3) is 0.667. The van der Waals surface area contributed by atoms with Crippen molar-refractivity contribution < 1.29 is 13.5 Å². The minimum Gasteiger partial charge on any atom is -0.378 e. The van der Waals surface area contributed by atoms with Crippen LogP contribution in [0.25, 0.3) is 0 Å². The molecule has 0 unspecified atom stereocenters. The van der Waals surface area contributed by atoms with Crippen molar-refractivity contribution in [3.63, 3.8) is 0 Å². The molecule has 1 aliphatic heterocycles. The molecule has 1 saturated heterocycles. The molecule has 0 bridgehead atoms. The Morgan fingerprint density at radius 3 is 2.68 bits per heavy atom. The number of morpholine rings is 1. The van der Waals surface area contributed by atoms with Crippen LogP contribution >= 0.6 is 11.8 Å². The molecule has 7 nitrogen and oxygen atoms in total. The lowest BCUT2D eigenvalue weighted by atomic mass is 10.2. The van der Waals surface area contributed by atoms with Crippen LogP contribution in [0, 0.1) is 5.92 Å². The van der Waals surface area contributed by atoms with Gasteiger partial charge in [-0.1, -0.05) is 25.6 Å². The molecule has 0 radical (unpaired) electrons. The van der Waals surface area contributed by atoms with Crippen molar-refractivity contribution in [1.29, 1.82) is 0 Å². The van der Waals surface area contributed by atoms with Crippen molar-refractivity contribution in [3.8, 4) is 0 Å². The highest BCUT2D eigenvalue weighted by Gasteiger charge is 2.22. The topological polar surface area (TPSA) is 61.0 Å². The summed E-state index contributed by atoms with van der Waals surface area (Å²) in [6.45, 7) is 5.32. The summed E-state index contributed by atoms with van der Waals surface area (Å²) in [5.41, 5.74) is 0. The molecule has 0 saturated carbocycles. The van der Waals surface area contributed by atoms with E-state index in [4.69, 9.17) is 4.74 Å². The molecule has 3 rings (SSSR count). The Hall–Kier alpha value is -1.68. The van der Waals surface area contributed by atoms with Crippen LogP contribution < -0.4 is 4.90 Å². The van der Waals surface area contributed by atoms with Gasteiger partial charge in [-0.05, 0) is 5.92 Å². The molecule has 138 valence electrons. The molecular weight excluding hydrogens is 350 g/mol. The molecule has 1 aliphatic rings. The second-order valence-electron chi connectivity index (χ2n) is 6.20. The van der Waals surface area contributed by atoms with Crippen LogP contribution in [0.5, 0.6) is 0 Å². The summed E-state index contributed by atoms with van der Waals surface area (Å²) in [4.78, 5) is 6.17. The number of alkyl halides is 2. The number of thioether (sulfide) groups is 1. The van der Waals surface area contributed by atoms with Gasteiger partial charge in [0.2, 0.25) is 5.95 Å². The van der Waals surface area contributed by atoms with E-state index in [9.17, 15) is 8.78 Å². The monoisotopic (exact) mass is 372 g/mol. The van der Waals surface area contributed by atoms with E-state index >= 15 is 0 Å². The second kappa shape index (κ2) is 8.13. The van der Waals surface area contributed by atoms with E-state index < -0.39 is 6.55 Å². The normalized spacial score (nSPS) is 15.5. The number of ether oxygens (including phenoxy) is 1. The Bertz CT molecular complexity index is 683. The van der Waals surface area contributed by atoms with Crippen LogP contribution in [0.3, 0.4) is 0 Å². The van der Waals surface area contributed by atoms with Gasteiger partial charge >= 0.3 is 6.55 Å². The van der Waals surface area contributed by atoms with Crippen LogP contribution in [0.15, 0.2) is 17.6 Å². The van der Waals surface area contributed by atoms with E-state index in [0.29, 0.717) is 30.7 Å². The first-order chi connectivity index (χ1) is 12.1. The van der Waals surface area contributed by atoms with E-state index in [1.807, 2.05) is 0 Å². The zero-order chi connectivity index (χ0) is 17.8.